The number of benzene rings is 1. The first-order chi connectivity index (χ1) is 9.93. The summed E-state index contributed by atoms with van der Waals surface area (Å²) in [6.07, 6.45) is 3.04. The molecular weight excluding hydrogens is 280 g/mol. The van der Waals surface area contributed by atoms with Crippen LogP contribution < -0.4 is 0 Å². The first-order valence-electron chi connectivity index (χ1n) is 7.60. The quantitative estimate of drug-likeness (QED) is 0.764. The first-order valence-corrected chi connectivity index (χ1v) is 8.48. The number of carbonyl (C=O) groups excluding carboxylic acids is 1. The third kappa shape index (κ3) is 4.13. The van der Waals surface area contributed by atoms with Crippen molar-refractivity contribution in [2.75, 3.05) is 0 Å². The standard InChI is InChI=1S/C18H24O2S/c1-4-8-16(21-13-9-6-5-7-10-13)17-14(19)11-18(2,3)12-15(17)20/h5-7,9-10,16,19H,4,8,11-12H2,1-3H3/t16-/m0/s1. The maximum Gasteiger partial charge on any atom is 0.163 e. The number of aliphatic hydroxyl groups is 1. The molecule has 0 unspecified atom stereocenters. The monoisotopic (exact) mass is 304 g/mol. The van der Waals surface area contributed by atoms with Gasteiger partial charge in [-0.15, -0.1) is 11.8 Å². The van der Waals surface area contributed by atoms with E-state index in [0.717, 1.165) is 17.7 Å². The van der Waals surface area contributed by atoms with Crippen molar-refractivity contribution in [2.24, 2.45) is 5.41 Å². The fourth-order valence-corrected chi connectivity index (χ4v) is 4.24. The van der Waals surface area contributed by atoms with Crippen molar-refractivity contribution in [2.45, 2.75) is 56.6 Å². The van der Waals surface area contributed by atoms with Gasteiger partial charge in [-0.05, 0) is 24.0 Å². The van der Waals surface area contributed by atoms with Gasteiger partial charge in [0.2, 0.25) is 0 Å². The lowest BCUT2D eigenvalue weighted by atomic mass is 9.75. The van der Waals surface area contributed by atoms with Gasteiger partial charge in [0.15, 0.2) is 5.78 Å². The van der Waals surface area contributed by atoms with Gasteiger partial charge in [-0.25, -0.2) is 0 Å². The number of thioether (sulfide) groups is 1. The summed E-state index contributed by atoms with van der Waals surface area (Å²) in [4.78, 5) is 13.6. The van der Waals surface area contributed by atoms with Crippen molar-refractivity contribution in [3.8, 4) is 0 Å². The highest BCUT2D eigenvalue weighted by atomic mass is 32.2. The van der Waals surface area contributed by atoms with Gasteiger partial charge >= 0.3 is 0 Å². The summed E-state index contributed by atoms with van der Waals surface area (Å²) in [6.45, 7) is 6.20. The molecule has 21 heavy (non-hydrogen) atoms. The predicted octanol–water partition coefficient (Wildman–Crippen LogP) is 5.15. The number of allylic oxidation sites excluding steroid dienone is 1. The summed E-state index contributed by atoms with van der Waals surface area (Å²) in [7, 11) is 0. The number of carbonyl (C=O) groups is 1. The zero-order valence-electron chi connectivity index (χ0n) is 13.1. The molecule has 0 amide bonds. The van der Waals surface area contributed by atoms with E-state index >= 15 is 0 Å². The summed E-state index contributed by atoms with van der Waals surface area (Å²) in [5, 5.41) is 10.5. The summed E-state index contributed by atoms with van der Waals surface area (Å²) >= 11 is 1.69. The van der Waals surface area contributed by atoms with Crippen molar-refractivity contribution in [3.05, 3.63) is 41.7 Å². The van der Waals surface area contributed by atoms with E-state index in [0.29, 0.717) is 24.2 Å². The highest BCUT2D eigenvalue weighted by Crippen LogP contribution is 2.41. The molecule has 2 nitrogen and oxygen atoms in total. The molecule has 1 atom stereocenters. The number of Topliss-reactive ketones (excluding diaryl/α,β-unsaturated/α-hetero) is 1. The summed E-state index contributed by atoms with van der Waals surface area (Å²) in [6, 6.07) is 10.1. The van der Waals surface area contributed by atoms with Crippen molar-refractivity contribution in [1.82, 2.24) is 0 Å². The van der Waals surface area contributed by atoms with Gasteiger partial charge in [-0.1, -0.05) is 45.4 Å². The van der Waals surface area contributed by atoms with E-state index in [1.165, 1.54) is 0 Å². The van der Waals surface area contributed by atoms with Crippen LogP contribution in [-0.2, 0) is 4.79 Å². The van der Waals surface area contributed by atoms with Gasteiger partial charge in [-0.2, -0.15) is 0 Å². The molecule has 0 saturated carbocycles. The second kappa shape index (κ2) is 6.69. The third-order valence-corrected chi connectivity index (χ3v) is 5.09. The minimum absolute atomic E-state index is 0.0565. The molecule has 1 aliphatic rings. The maximum atomic E-state index is 12.5. The summed E-state index contributed by atoms with van der Waals surface area (Å²) < 4.78 is 0. The van der Waals surface area contributed by atoms with Gasteiger partial charge in [0.1, 0.15) is 5.76 Å². The van der Waals surface area contributed by atoms with Crippen molar-refractivity contribution < 1.29 is 9.90 Å². The van der Waals surface area contributed by atoms with E-state index in [1.54, 1.807) is 11.8 Å². The van der Waals surface area contributed by atoms with Gasteiger partial charge in [0.25, 0.3) is 0 Å². The highest BCUT2D eigenvalue weighted by Gasteiger charge is 2.36. The topological polar surface area (TPSA) is 37.3 Å². The molecule has 0 bridgehead atoms. The number of aliphatic hydroxyl groups excluding tert-OH is 1. The van der Waals surface area contributed by atoms with Crippen molar-refractivity contribution >= 4 is 17.5 Å². The third-order valence-electron chi connectivity index (χ3n) is 3.79. The molecule has 0 spiro atoms. The molecule has 0 fully saturated rings. The van der Waals surface area contributed by atoms with Gasteiger partial charge < -0.3 is 5.11 Å². The zero-order chi connectivity index (χ0) is 15.5. The second-order valence-electron chi connectivity index (χ2n) is 6.51. The van der Waals surface area contributed by atoms with E-state index in [1.807, 2.05) is 32.0 Å². The highest BCUT2D eigenvalue weighted by molar-refractivity contribution is 8.00. The summed E-state index contributed by atoms with van der Waals surface area (Å²) in [5.74, 6) is 0.420. The van der Waals surface area contributed by atoms with Crippen LogP contribution in [0.2, 0.25) is 0 Å². The minimum Gasteiger partial charge on any atom is -0.512 e. The molecule has 0 radical (unpaired) electrons. The molecule has 1 aromatic rings. The fourth-order valence-electron chi connectivity index (χ4n) is 2.85. The Labute approximate surface area is 131 Å². The van der Waals surface area contributed by atoms with Crippen LogP contribution in [0.3, 0.4) is 0 Å². The van der Waals surface area contributed by atoms with Crippen LogP contribution in [0.15, 0.2) is 46.6 Å². The summed E-state index contributed by atoms with van der Waals surface area (Å²) in [5.41, 5.74) is 0.531. The van der Waals surface area contributed by atoms with Crippen LogP contribution in [0, 0.1) is 5.41 Å². The average Bonchev–Trinajstić information content (AvgIpc) is 2.37. The Morgan fingerprint density at radius 2 is 1.90 bits per heavy atom. The fraction of sp³-hybridized carbons (Fsp3) is 0.500. The minimum atomic E-state index is -0.126. The Morgan fingerprint density at radius 1 is 1.24 bits per heavy atom. The van der Waals surface area contributed by atoms with Crippen LogP contribution >= 0.6 is 11.8 Å². The number of hydrogen-bond donors (Lipinski definition) is 1. The molecule has 1 N–H and O–H groups in total. The Bertz CT molecular complexity index is 531. The van der Waals surface area contributed by atoms with Gasteiger partial charge in [-0.3, -0.25) is 4.79 Å². The molecule has 0 aromatic heterocycles. The average molecular weight is 304 g/mol. The molecule has 3 heteroatoms. The van der Waals surface area contributed by atoms with Crippen LogP contribution in [0.25, 0.3) is 0 Å². The van der Waals surface area contributed by atoms with Crippen LogP contribution in [0.1, 0.15) is 46.5 Å². The van der Waals surface area contributed by atoms with Crippen molar-refractivity contribution in [1.29, 1.82) is 0 Å². The van der Waals surface area contributed by atoms with E-state index in [-0.39, 0.29) is 16.4 Å². The Kier molecular flexibility index (Phi) is 5.15. The molecule has 0 heterocycles. The first kappa shape index (κ1) is 16.2. The molecule has 0 aliphatic heterocycles. The van der Waals surface area contributed by atoms with E-state index < -0.39 is 0 Å². The SMILES string of the molecule is CCC[C@H](Sc1ccccc1)C1=C(O)CC(C)(C)CC1=O. The normalized spacial score (nSPS) is 19.7. The largest absolute Gasteiger partial charge is 0.512 e. The van der Waals surface area contributed by atoms with E-state index in [4.69, 9.17) is 0 Å². The Morgan fingerprint density at radius 3 is 2.48 bits per heavy atom. The second-order valence-corrected chi connectivity index (χ2v) is 7.79. The molecular formula is C18H24O2S. The van der Waals surface area contributed by atoms with E-state index in [2.05, 4.69) is 19.1 Å². The lowest BCUT2D eigenvalue weighted by Gasteiger charge is -2.32. The molecule has 114 valence electrons. The van der Waals surface area contributed by atoms with E-state index in [9.17, 15) is 9.90 Å². The predicted molar refractivity (Wildman–Crippen MR) is 88.7 cm³/mol. The van der Waals surface area contributed by atoms with Gasteiger partial charge in [0, 0.05) is 28.6 Å². The lowest BCUT2D eigenvalue weighted by molar-refractivity contribution is -0.118. The Balaban J connectivity index is 2.27. The molecule has 1 aromatic carbocycles. The van der Waals surface area contributed by atoms with Crippen LogP contribution in [0.5, 0.6) is 0 Å². The Hall–Kier alpha value is -1.22. The van der Waals surface area contributed by atoms with Crippen LogP contribution in [-0.4, -0.2) is 16.1 Å². The van der Waals surface area contributed by atoms with Crippen LogP contribution in [0.4, 0.5) is 0 Å². The smallest absolute Gasteiger partial charge is 0.163 e. The number of hydrogen-bond acceptors (Lipinski definition) is 3. The number of ketones is 1. The molecule has 1 aliphatic carbocycles. The maximum absolute atomic E-state index is 12.5. The van der Waals surface area contributed by atoms with Crippen molar-refractivity contribution in [3.63, 3.8) is 0 Å². The molecule has 0 saturated heterocycles. The lowest BCUT2D eigenvalue weighted by Crippen LogP contribution is -2.30. The van der Waals surface area contributed by atoms with Gasteiger partial charge in [0.05, 0.1) is 0 Å². The molecule has 2 rings (SSSR count). The number of rotatable bonds is 5. The zero-order valence-corrected chi connectivity index (χ0v) is 13.9.